The minimum absolute atomic E-state index is 0.279. The smallest absolute Gasteiger partial charge is 0.334 e. The molecule has 152 valence electrons. The Morgan fingerprint density at radius 3 is 2.31 bits per heavy atom. The van der Waals surface area contributed by atoms with Crippen LogP contribution in [0.1, 0.15) is 18.7 Å². The van der Waals surface area contributed by atoms with Gasteiger partial charge >= 0.3 is 17.8 Å². The number of thiophene rings is 1. The van der Waals surface area contributed by atoms with Crippen LogP contribution < -0.4 is 9.64 Å². The largest absolute Gasteiger partial charge is 0.497 e. The Hall–Kier alpha value is -3.20. The number of benzene rings is 1. The minimum atomic E-state index is -0.983. The van der Waals surface area contributed by atoms with Gasteiger partial charge in [-0.15, -0.1) is 11.3 Å². The second-order valence-electron chi connectivity index (χ2n) is 6.70. The number of hydrogen-bond donors (Lipinski definition) is 0. The standard InChI is InChI=1S/C20H21N3O5S/c1-13(2)23-19(26)18(25)22(20(23)27)12-17(24)21(11-16-5-4-10-29-16)14-6-8-15(28-3)9-7-14/h4-10,13H,11-12H2,1-3H3. The zero-order chi connectivity index (χ0) is 21.1. The lowest BCUT2D eigenvalue weighted by molar-refractivity contribution is -0.144. The number of nitrogens with zero attached hydrogens (tertiary/aromatic N) is 3. The fourth-order valence-electron chi connectivity index (χ4n) is 2.98. The van der Waals surface area contributed by atoms with E-state index < -0.39 is 36.3 Å². The number of ether oxygens (including phenoxy) is 1. The normalized spacial score (nSPS) is 14.1. The maximum Gasteiger partial charge on any atom is 0.334 e. The third kappa shape index (κ3) is 4.14. The molecule has 0 unspecified atom stereocenters. The molecule has 0 atom stereocenters. The number of imide groups is 2. The van der Waals surface area contributed by atoms with Crippen LogP contribution in [-0.2, 0) is 20.9 Å². The second-order valence-corrected chi connectivity index (χ2v) is 7.73. The van der Waals surface area contributed by atoms with E-state index >= 15 is 0 Å². The molecule has 0 saturated carbocycles. The van der Waals surface area contributed by atoms with Gasteiger partial charge in [-0.2, -0.15) is 0 Å². The summed E-state index contributed by atoms with van der Waals surface area (Å²) in [4.78, 5) is 53.9. The van der Waals surface area contributed by atoms with Crippen LogP contribution in [0.15, 0.2) is 41.8 Å². The summed E-state index contributed by atoms with van der Waals surface area (Å²) in [6, 6.07) is 9.43. The van der Waals surface area contributed by atoms with E-state index in [0.717, 1.165) is 9.78 Å². The van der Waals surface area contributed by atoms with E-state index in [1.54, 1.807) is 45.2 Å². The molecular weight excluding hydrogens is 394 g/mol. The summed E-state index contributed by atoms with van der Waals surface area (Å²) in [5.41, 5.74) is 0.593. The number of amides is 5. The first-order valence-corrected chi connectivity index (χ1v) is 9.87. The monoisotopic (exact) mass is 415 g/mol. The molecule has 1 saturated heterocycles. The molecule has 0 aliphatic carbocycles. The van der Waals surface area contributed by atoms with E-state index in [1.165, 1.54) is 16.2 Å². The Bertz CT molecular complexity index is 924. The second kappa shape index (κ2) is 8.44. The number of urea groups is 1. The van der Waals surface area contributed by atoms with E-state index in [1.807, 2.05) is 17.5 Å². The van der Waals surface area contributed by atoms with Crippen molar-refractivity contribution in [3.05, 3.63) is 46.7 Å². The summed E-state index contributed by atoms with van der Waals surface area (Å²) in [5, 5.41) is 1.90. The maximum absolute atomic E-state index is 13.1. The third-order valence-corrected chi connectivity index (χ3v) is 5.33. The Balaban J connectivity index is 1.85. The third-order valence-electron chi connectivity index (χ3n) is 4.47. The van der Waals surface area contributed by atoms with Crippen LogP contribution in [0, 0.1) is 0 Å². The highest BCUT2D eigenvalue weighted by Gasteiger charge is 2.46. The summed E-state index contributed by atoms with van der Waals surface area (Å²) in [7, 11) is 1.55. The zero-order valence-electron chi connectivity index (χ0n) is 16.3. The van der Waals surface area contributed by atoms with Crippen LogP contribution >= 0.6 is 11.3 Å². The molecule has 0 radical (unpaired) electrons. The van der Waals surface area contributed by atoms with Crippen molar-refractivity contribution < 1.29 is 23.9 Å². The number of carbonyl (C=O) groups excluding carboxylic acids is 4. The van der Waals surface area contributed by atoms with E-state index in [4.69, 9.17) is 4.74 Å². The fourth-order valence-corrected chi connectivity index (χ4v) is 3.67. The summed E-state index contributed by atoms with van der Waals surface area (Å²) in [6.45, 7) is 3.04. The number of hydrogen-bond acceptors (Lipinski definition) is 6. The van der Waals surface area contributed by atoms with Gasteiger partial charge in [0.15, 0.2) is 0 Å². The van der Waals surface area contributed by atoms with Crippen LogP contribution in [0.4, 0.5) is 10.5 Å². The molecule has 1 aliphatic heterocycles. The molecule has 8 nitrogen and oxygen atoms in total. The van der Waals surface area contributed by atoms with E-state index in [-0.39, 0.29) is 6.54 Å². The van der Waals surface area contributed by atoms with Gasteiger partial charge in [-0.1, -0.05) is 6.07 Å². The van der Waals surface area contributed by atoms with Crippen LogP contribution in [0.3, 0.4) is 0 Å². The molecule has 3 rings (SSSR count). The van der Waals surface area contributed by atoms with E-state index in [2.05, 4.69) is 0 Å². The lowest BCUT2D eigenvalue weighted by Crippen LogP contribution is -2.44. The summed E-state index contributed by atoms with van der Waals surface area (Å²) in [5.74, 6) is -1.72. The molecule has 1 aromatic heterocycles. The van der Waals surface area contributed by atoms with Crippen molar-refractivity contribution in [2.75, 3.05) is 18.6 Å². The molecule has 9 heteroatoms. The minimum Gasteiger partial charge on any atom is -0.497 e. The molecule has 5 amide bonds. The highest BCUT2D eigenvalue weighted by Crippen LogP contribution is 2.24. The average molecular weight is 415 g/mol. The van der Waals surface area contributed by atoms with Gasteiger partial charge in [-0.05, 0) is 49.6 Å². The van der Waals surface area contributed by atoms with Crippen molar-refractivity contribution in [3.8, 4) is 5.75 Å². The van der Waals surface area contributed by atoms with Crippen molar-refractivity contribution in [1.82, 2.24) is 9.80 Å². The predicted molar refractivity (Wildman–Crippen MR) is 108 cm³/mol. The van der Waals surface area contributed by atoms with Gasteiger partial charge in [-0.3, -0.25) is 19.3 Å². The van der Waals surface area contributed by atoms with Gasteiger partial charge in [0.2, 0.25) is 5.91 Å². The number of rotatable bonds is 7. The van der Waals surface area contributed by atoms with Gasteiger partial charge in [0.1, 0.15) is 12.3 Å². The molecule has 0 bridgehead atoms. The fraction of sp³-hybridized carbons (Fsp3) is 0.300. The summed E-state index contributed by atoms with van der Waals surface area (Å²) < 4.78 is 5.16. The van der Waals surface area contributed by atoms with E-state index in [0.29, 0.717) is 16.3 Å². The van der Waals surface area contributed by atoms with Crippen LogP contribution in [0.5, 0.6) is 5.75 Å². The molecule has 1 fully saturated rings. The molecule has 0 N–H and O–H groups in total. The Labute approximate surface area is 172 Å². The topological polar surface area (TPSA) is 87.2 Å². The van der Waals surface area contributed by atoms with Crippen LogP contribution in [0.25, 0.3) is 0 Å². The van der Waals surface area contributed by atoms with Crippen molar-refractivity contribution in [2.24, 2.45) is 0 Å². The summed E-state index contributed by atoms with van der Waals surface area (Å²) in [6.07, 6.45) is 0. The first-order valence-electron chi connectivity index (χ1n) is 8.99. The molecule has 0 spiro atoms. The average Bonchev–Trinajstić information content (AvgIpc) is 3.29. The first kappa shape index (κ1) is 20.5. The van der Waals surface area contributed by atoms with Gasteiger partial charge < -0.3 is 9.64 Å². The summed E-state index contributed by atoms with van der Waals surface area (Å²) >= 11 is 1.49. The highest BCUT2D eigenvalue weighted by atomic mass is 32.1. The van der Waals surface area contributed by atoms with Crippen LogP contribution in [-0.4, -0.2) is 53.2 Å². The Morgan fingerprint density at radius 1 is 1.10 bits per heavy atom. The SMILES string of the molecule is COc1ccc(N(Cc2cccs2)C(=O)CN2C(=O)C(=O)N(C(C)C)C2=O)cc1. The van der Waals surface area contributed by atoms with Crippen molar-refractivity contribution in [2.45, 2.75) is 26.4 Å². The number of methoxy groups -OCH3 is 1. The van der Waals surface area contributed by atoms with Crippen molar-refractivity contribution in [1.29, 1.82) is 0 Å². The highest BCUT2D eigenvalue weighted by molar-refractivity contribution is 7.09. The van der Waals surface area contributed by atoms with Gasteiger partial charge in [0.05, 0.1) is 13.7 Å². The lowest BCUT2D eigenvalue weighted by atomic mass is 10.2. The Morgan fingerprint density at radius 2 is 1.79 bits per heavy atom. The van der Waals surface area contributed by atoms with Crippen molar-refractivity contribution >= 4 is 40.8 Å². The molecule has 2 heterocycles. The zero-order valence-corrected chi connectivity index (χ0v) is 17.1. The molecular formula is C20H21N3O5S. The van der Waals surface area contributed by atoms with Gasteiger partial charge in [0, 0.05) is 16.6 Å². The number of carbonyl (C=O) groups is 4. The van der Waals surface area contributed by atoms with Gasteiger partial charge in [0.25, 0.3) is 0 Å². The van der Waals surface area contributed by atoms with Crippen molar-refractivity contribution in [3.63, 3.8) is 0 Å². The van der Waals surface area contributed by atoms with E-state index in [9.17, 15) is 19.2 Å². The first-order chi connectivity index (χ1) is 13.8. The molecule has 2 aromatic rings. The maximum atomic E-state index is 13.1. The van der Waals surface area contributed by atoms with Crippen LogP contribution in [0.2, 0.25) is 0 Å². The molecule has 1 aliphatic rings. The Kier molecular flexibility index (Phi) is 5.97. The molecule has 1 aromatic carbocycles. The van der Waals surface area contributed by atoms with Gasteiger partial charge in [-0.25, -0.2) is 9.69 Å². The molecule has 29 heavy (non-hydrogen) atoms. The quantitative estimate of drug-likeness (QED) is 0.512. The number of anilines is 1. The lowest BCUT2D eigenvalue weighted by Gasteiger charge is -2.25. The predicted octanol–water partition coefficient (Wildman–Crippen LogP) is 2.49.